The molecule has 1 aliphatic heterocycles. The predicted molar refractivity (Wildman–Crippen MR) is 97.4 cm³/mol. The van der Waals surface area contributed by atoms with Gasteiger partial charge in [-0.2, -0.15) is 0 Å². The number of thiazole rings is 1. The number of hydrogen-bond acceptors (Lipinski definition) is 5. The van der Waals surface area contributed by atoms with Crippen molar-refractivity contribution in [1.29, 1.82) is 5.41 Å². The van der Waals surface area contributed by atoms with E-state index in [-0.39, 0.29) is 23.5 Å². The molecular formula is C18H20FN3O2S. The van der Waals surface area contributed by atoms with Gasteiger partial charge in [-0.15, -0.1) is 11.3 Å². The summed E-state index contributed by atoms with van der Waals surface area (Å²) in [5.41, 5.74) is 1.97. The standard InChI is InChI=1S/C18H20FN3O2S/c1-11(2)24-8-7-22-9-15(23)16(17(22)20)18-21-14(10-25-18)12-3-5-13(19)6-4-12/h3-6,10-11,20,23H,7-9H2,1-2H3. The Bertz CT molecular complexity index is 799. The van der Waals surface area contributed by atoms with Gasteiger partial charge in [0, 0.05) is 17.5 Å². The highest BCUT2D eigenvalue weighted by molar-refractivity contribution is 7.11. The summed E-state index contributed by atoms with van der Waals surface area (Å²) < 4.78 is 18.6. The van der Waals surface area contributed by atoms with E-state index in [4.69, 9.17) is 10.1 Å². The quantitative estimate of drug-likeness (QED) is 0.818. The van der Waals surface area contributed by atoms with Gasteiger partial charge in [-0.1, -0.05) is 0 Å². The van der Waals surface area contributed by atoms with Crippen molar-refractivity contribution < 1.29 is 14.2 Å². The Labute approximate surface area is 149 Å². The van der Waals surface area contributed by atoms with Crippen LogP contribution in [0.3, 0.4) is 0 Å². The number of nitrogens with one attached hydrogen (secondary N) is 1. The van der Waals surface area contributed by atoms with E-state index < -0.39 is 0 Å². The van der Waals surface area contributed by atoms with Gasteiger partial charge in [-0.05, 0) is 38.1 Å². The van der Waals surface area contributed by atoms with Crippen LogP contribution in [0.1, 0.15) is 18.9 Å². The van der Waals surface area contributed by atoms with E-state index >= 15 is 0 Å². The van der Waals surface area contributed by atoms with Crippen LogP contribution in [0.15, 0.2) is 35.4 Å². The van der Waals surface area contributed by atoms with Crippen molar-refractivity contribution in [2.75, 3.05) is 19.7 Å². The minimum absolute atomic E-state index is 0.134. The fourth-order valence-electron chi connectivity index (χ4n) is 2.59. The molecule has 2 N–H and O–H groups in total. The maximum Gasteiger partial charge on any atom is 0.135 e. The number of aliphatic hydroxyl groups excluding tert-OH is 1. The van der Waals surface area contributed by atoms with Gasteiger partial charge < -0.3 is 14.7 Å². The van der Waals surface area contributed by atoms with Crippen LogP contribution in [0.2, 0.25) is 0 Å². The van der Waals surface area contributed by atoms with E-state index in [2.05, 4.69) is 4.98 Å². The molecule has 0 amide bonds. The lowest BCUT2D eigenvalue weighted by Gasteiger charge is -2.19. The van der Waals surface area contributed by atoms with Crippen molar-refractivity contribution in [2.24, 2.45) is 0 Å². The highest BCUT2D eigenvalue weighted by atomic mass is 32.1. The summed E-state index contributed by atoms with van der Waals surface area (Å²) in [5, 5.41) is 21.0. The maximum atomic E-state index is 13.0. The molecule has 0 bridgehead atoms. The molecule has 0 aliphatic carbocycles. The number of ether oxygens (including phenoxy) is 1. The van der Waals surface area contributed by atoms with Crippen molar-refractivity contribution in [3.05, 3.63) is 46.2 Å². The normalized spacial score (nSPS) is 14.9. The van der Waals surface area contributed by atoms with Crippen molar-refractivity contribution in [3.63, 3.8) is 0 Å². The van der Waals surface area contributed by atoms with Gasteiger partial charge in [-0.25, -0.2) is 9.37 Å². The Kier molecular flexibility index (Phi) is 5.15. The summed E-state index contributed by atoms with van der Waals surface area (Å²) in [7, 11) is 0. The maximum absolute atomic E-state index is 13.0. The molecule has 0 saturated carbocycles. The zero-order valence-electron chi connectivity index (χ0n) is 14.1. The molecule has 2 heterocycles. The largest absolute Gasteiger partial charge is 0.510 e. The summed E-state index contributed by atoms with van der Waals surface area (Å²) >= 11 is 1.36. The van der Waals surface area contributed by atoms with Crippen molar-refractivity contribution in [3.8, 4) is 11.3 Å². The number of benzene rings is 1. The van der Waals surface area contributed by atoms with Gasteiger partial charge in [0.25, 0.3) is 0 Å². The second-order valence-electron chi connectivity index (χ2n) is 6.06. The third-order valence-electron chi connectivity index (χ3n) is 3.85. The summed E-state index contributed by atoms with van der Waals surface area (Å²) in [6.45, 7) is 5.26. The Balaban J connectivity index is 1.74. The van der Waals surface area contributed by atoms with E-state index in [9.17, 15) is 9.50 Å². The monoisotopic (exact) mass is 361 g/mol. The third-order valence-corrected chi connectivity index (χ3v) is 4.71. The van der Waals surface area contributed by atoms with Crippen LogP contribution >= 0.6 is 11.3 Å². The van der Waals surface area contributed by atoms with Crippen molar-refractivity contribution in [2.45, 2.75) is 20.0 Å². The minimum atomic E-state index is -0.295. The average Bonchev–Trinajstić information content (AvgIpc) is 3.13. The Morgan fingerprint density at radius 1 is 1.36 bits per heavy atom. The molecule has 7 heteroatoms. The first kappa shape index (κ1) is 17.6. The highest BCUT2D eigenvalue weighted by Gasteiger charge is 2.30. The van der Waals surface area contributed by atoms with Crippen molar-refractivity contribution >= 4 is 22.7 Å². The zero-order valence-corrected chi connectivity index (χ0v) is 14.9. The number of aliphatic hydroxyl groups is 1. The third kappa shape index (κ3) is 3.88. The van der Waals surface area contributed by atoms with Gasteiger partial charge in [0.15, 0.2) is 0 Å². The van der Waals surface area contributed by atoms with Crippen LogP contribution in [0, 0.1) is 11.2 Å². The van der Waals surface area contributed by atoms with E-state index in [1.165, 1.54) is 23.5 Å². The van der Waals surface area contributed by atoms with Gasteiger partial charge >= 0.3 is 0 Å². The molecule has 2 aromatic rings. The van der Waals surface area contributed by atoms with Crippen LogP contribution in [-0.4, -0.2) is 46.6 Å². The molecule has 0 spiro atoms. The lowest BCUT2D eigenvalue weighted by molar-refractivity contribution is 0.0705. The van der Waals surface area contributed by atoms with Gasteiger partial charge in [0.1, 0.15) is 22.4 Å². The number of halogens is 1. The first-order chi connectivity index (χ1) is 12.0. The average molecular weight is 361 g/mol. The summed E-state index contributed by atoms with van der Waals surface area (Å²) in [6.07, 6.45) is 0.134. The lowest BCUT2D eigenvalue weighted by atomic mass is 10.2. The minimum Gasteiger partial charge on any atom is -0.510 e. The number of rotatable bonds is 6. The summed E-state index contributed by atoms with van der Waals surface area (Å²) in [5.74, 6) is 0.107. The molecule has 0 fully saturated rings. The first-order valence-corrected chi connectivity index (χ1v) is 8.93. The van der Waals surface area contributed by atoms with Gasteiger partial charge in [0.05, 0.1) is 30.5 Å². The zero-order chi connectivity index (χ0) is 18.0. The molecular weight excluding hydrogens is 341 g/mol. The number of hydrogen-bond donors (Lipinski definition) is 2. The van der Waals surface area contributed by atoms with E-state index in [1.807, 2.05) is 19.2 Å². The second kappa shape index (κ2) is 7.33. The molecule has 0 saturated heterocycles. The van der Waals surface area contributed by atoms with E-state index in [0.717, 1.165) is 5.56 Å². The molecule has 3 rings (SSSR count). The Hall–Kier alpha value is -2.25. The Morgan fingerprint density at radius 2 is 2.08 bits per heavy atom. The highest BCUT2D eigenvalue weighted by Crippen LogP contribution is 2.32. The van der Waals surface area contributed by atoms with Crippen LogP contribution in [0.5, 0.6) is 0 Å². The molecule has 25 heavy (non-hydrogen) atoms. The number of amidine groups is 1. The van der Waals surface area contributed by atoms with Crippen LogP contribution in [0.4, 0.5) is 4.39 Å². The molecule has 1 aliphatic rings. The molecule has 1 aromatic heterocycles. The molecule has 5 nitrogen and oxygen atoms in total. The molecule has 0 unspecified atom stereocenters. The summed E-state index contributed by atoms with van der Waals surface area (Å²) in [4.78, 5) is 6.29. The number of aromatic nitrogens is 1. The molecule has 0 atom stereocenters. The van der Waals surface area contributed by atoms with Crippen LogP contribution in [0.25, 0.3) is 16.8 Å². The fourth-order valence-corrected chi connectivity index (χ4v) is 3.49. The topological polar surface area (TPSA) is 69.4 Å². The van der Waals surface area contributed by atoms with Crippen molar-refractivity contribution in [1.82, 2.24) is 9.88 Å². The summed E-state index contributed by atoms with van der Waals surface area (Å²) in [6, 6.07) is 6.11. The first-order valence-electron chi connectivity index (χ1n) is 8.05. The predicted octanol–water partition coefficient (Wildman–Crippen LogP) is 3.94. The molecule has 1 aromatic carbocycles. The fraction of sp³-hybridized carbons (Fsp3) is 0.333. The van der Waals surface area contributed by atoms with Crippen LogP contribution < -0.4 is 0 Å². The second-order valence-corrected chi connectivity index (χ2v) is 6.91. The lowest BCUT2D eigenvalue weighted by Crippen LogP contribution is -2.30. The number of nitrogens with zero attached hydrogens (tertiary/aromatic N) is 2. The van der Waals surface area contributed by atoms with Gasteiger partial charge in [-0.3, -0.25) is 5.41 Å². The van der Waals surface area contributed by atoms with E-state index in [1.54, 1.807) is 17.0 Å². The van der Waals surface area contributed by atoms with E-state index in [0.29, 0.717) is 36.0 Å². The SMILES string of the molecule is CC(C)OCCN1CC(O)=C(c2nc(-c3ccc(F)cc3)cs2)C1=N. The van der Waals surface area contributed by atoms with Crippen LogP contribution in [-0.2, 0) is 4.74 Å². The molecule has 132 valence electrons. The van der Waals surface area contributed by atoms with Gasteiger partial charge in [0.2, 0.25) is 0 Å². The molecule has 0 radical (unpaired) electrons. The Morgan fingerprint density at radius 3 is 2.76 bits per heavy atom. The smallest absolute Gasteiger partial charge is 0.135 e.